The summed E-state index contributed by atoms with van der Waals surface area (Å²) in [5.41, 5.74) is 0. The molecular weight excluding hydrogens is 364 g/mol. The first-order valence-electron chi connectivity index (χ1n) is 14.1. The summed E-state index contributed by atoms with van der Waals surface area (Å²) in [6.07, 6.45) is 29.4. The third kappa shape index (κ3) is 18.7. The Morgan fingerprint density at radius 1 is 0.379 bits per heavy atom. The van der Waals surface area contributed by atoms with Crippen molar-refractivity contribution in [3.05, 3.63) is 6.04 Å². The van der Waals surface area contributed by atoms with E-state index in [1.807, 2.05) is 0 Å². The van der Waals surface area contributed by atoms with Crippen molar-refractivity contribution in [3.63, 3.8) is 0 Å². The van der Waals surface area contributed by atoms with Gasteiger partial charge in [0, 0.05) is 0 Å². The van der Waals surface area contributed by atoms with Crippen LogP contribution in [-0.2, 0) is 0 Å². The smallest absolute Gasteiger partial charge is 0.0558 e. The standard InChI is InChI=1S/C28H59Si/c1-5-9-10-11-12-13-14-15-16-17-18-19-20-21-22-23-24-25-26-27-28-29(6-2,7-3)8-4/h28H,5-27H2,1-4H3. The molecule has 0 saturated heterocycles. The van der Waals surface area contributed by atoms with E-state index in [4.69, 9.17) is 0 Å². The Balaban J connectivity index is 3.17. The molecule has 1 radical (unpaired) electrons. The monoisotopic (exact) mass is 423 g/mol. The van der Waals surface area contributed by atoms with Gasteiger partial charge < -0.3 is 0 Å². The molecule has 0 heterocycles. The molecule has 0 aromatic heterocycles. The van der Waals surface area contributed by atoms with E-state index in [9.17, 15) is 0 Å². The number of rotatable bonds is 24. The van der Waals surface area contributed by atoms with Gasteiger partial charge in [-0.1, -0.05) is 174 Å². The molecule has 0 spiro atoms. The summed E-state index contributed by atoms with van der Waals surface area (Å²) in [6.45, 7) is 9.57. The summed E-state index contributed by atoms with van der Waals surface area (Å²) in [6, 6.07) is 7.16. The van der Waals surface area contributed by atoms with Crippen molar-refractivity contribution in [2.45, 2.75) is 174 Å². The van der Waals surface area contributed by atoms with Crippen LogP contribution in [-0.4, -0.2) is 8.07 Å². The first-order chi connectivity index (χ1) is 14.2. The highest BCUT2D eigenvalue weighted by Gasteiger charge is 2.25. The fraction of sp³-hybridized carbons (Fsp3) is 0.964. The second-order valence-corrected chi connectivity index (χ2v) is 15.0. The second-order valence-electron chi connectivity index (χ2n) is 9.78. The molecule has 0 rings (SSSR count). The van der Waals surface area contributed by atoms with Crippen molar-refractivity contribution in [1.29, 1.82) is 0 Å². The first-order valence-corrected chi connectivity index (χ1v) is 16.8. The highest BCUT2D eigenvalue weighted by Crippen LogP contribution is 2.26. The third-order valence-electron chi connectivity index (χ3n) is 7.50. The SMILES string of the molecule is CCCCCCCCCCCCCCCCCCCCC[CH][Si](CC)(CC)CC. The van der Waals surface area contributed by atoms with Gasteiger partial charge >= 0.3 is 0 Å². The third-order valence-corrected chi connectivity index (χ3v) is 12.9. The quantitative estimate of drug-likeness (QED) is 0.107. The largest absolute Gasteiger partial charge is 0.0678 e. The number of unbranched alkanes of at least 4 members (excludes halogenated alkanes) is 19. The maximum Gasteiger partial charge on any atom is 0.0558 e. The summed E-state index contributed by atoms with van der Waals surface area (Å²) in [5, 5.41) is 0. The zero-order chi connectivity index (χ0) is 21.5. The van der Waals surface area contributed by atoms with Gasteiger partial charge in [-0.25, -0.2) is 0 Å². The molecule has 0 unspecified atom stereocenters. The zero-order valence-corrected chi connectivity index (χ0v) is 22.3. The van der Waals surface area contributed by atoms with Crippen LogP contribution in [0.4, 0.5) is 0 Å². The van der Waals surface area contributed by atoms with Crippen molar-refractivity contribution < 1.29 is 0 Å². The van der Waals surface area contributed by atoms with Gasteiger partial charge in [-0.05, 0) is 6.04 Å². The second kappa shape index (κ2) is 22.9. The van der Waals surface area contributed by atoms with E-state index in [1.165, 1.54) is 147 Å². The zero-order valence-electron chi connectivity index (χ0n) is 21.3. The Hall–Kier alpha value is 0.217. The van der Waals surface area contributed by atoms with E-state index >= 15 is 0 Å². The predicted molar refractivity (Wildman–Crippen MR) is 140 cm³/mol. The molecule has 0 amide bonds. The van der Waals surface area contributed by atoms with Gasteiger partial charge in [0.25, 0.3) is 0 Å². The number of hydrogen-bond donors (Lipinski definition) is 0. The fourth-order valence-electron chi connectivity index (χ4n) is 4.81. The van der Waals surface area contributed by atoms with Crippen LogP contribution in [0.3, 0.4) is 0 Å². The molecule has 0 fully saturated rings. The van der Waals surface area contributed by atoms with Crippen molar-refractivity contribution in [2.24, 2.45) is 0 Å². The summed E-state index contributed by atoms with van der Waals surface area (Å²) < 4.78 is 0. The minimum atomic E-state index is -0.956. The summed E-state index contributed by atoms with van der Waals surface area (Å²) >= 11 is 0. The topological polar surface area (TPSA) is 0 Å². The molecule has 0 saturated carbocycles. The maximum atomic E-state index is 2.79. The highest BCUT2D eigenvalue weighted by molar-refractivity contribution is 6.82. The molecule has 0 nitrogen and oxygen atoms in total. The van der Waals surface area contributed by atoms with E-state index in [0.717, 1.165) is 0 Å². The van der Waals surface area contributed by atoms with Gasteiger partial charge in [-0.3, -0.25) is 0 Å². The van der Waals surface area contributed by atoms with Crippen LogP contribution in [0.15, 0.2) is 0 Å². The lowest BCUT2D eigenvalue weighted by molar-refractivity contribution is 0.523. The molecule has 0 aliphatic rings. The minimum absolute atomic E-state index is 0.956. The van der Waals surface area contributed by atoms with E-state index in [-0.39, 0.29) is 0 Å². The van der Waals surface area contributed by atoms with Crippen LogP contribution < -0.4 is 0 Å². The van der Waals surface area contributed by atoms with Crippen LogP contribution in [0, 0.1) is 6.04 Å². The Morgan fingerprint density at radius 2 is 0.655 bits per heavy atom. The Labute approximate surface area is 188 Å². The van der Waals surface area contributed by atoms with E-state index in [1.54, 1.807) is 0 Å². The van der Waals surface area contributed by atoms with E-state index in [0.29, 0.717) is 0 Å². The highest BCUT2D eigenvalue weighted by atomic mass is 28.3. The van der Waals surface area contributed by atoms with Gasteiger partial charge in [0.1, 0.15) is 0 Å². The first kappa shape index (κ1) is 29.2. The Kier molecular flexibility index (Phi) is 23.1. The van der Waals surface area contributed by atoms with Crippen molar-refractivity contribution in [2.75, 3.05) is 0 Å². The average Bonchev–Trinajstić information content (AvgIpc) is 2.75. The average molecular weight is 424 g/mol. The van der Waals surface area contributed by atoms with E-state index in [2.05, 4.69) is 33.7 Å². The normalized spacial score (nSPS) is 12.0. The summed E-state index contributed by atoms with van der Waals surface area (Å²) in [7, 11) is -0.956. The van der Waals surface area contributed by atoms with Gasteiger partial charge in [0.05, 0.1) is 8.07 Å². The van der Waals surface area contributed by atoms with Gasteiger partial charge in [-0.15, -0.1) is 0 Å². The van der Waals surface area contributed by atoms with Crippen molar-refractivity contribution in [3.8, 4) is 0 Å². The Bertz CT molecular complexity index is 286. The van der Waals surface area contributed by atoms with Crippen LogP contribution >= 0.6 is 0 Å². The lowest BCUT2D eigenvalue weighted by Crippen LogP contribution is -2.32. The Morgan fingerprint density at radius 3 is 0.931 bits per heavy atom. The molecule has 1 heteroatoms. The molecule has 0 aromatic rings. The van der Waals surface area contributed by atoms with Gasteiger partial charge in [-0.2, -0.15) is 0 Å². The minimum Gasteiger partial charge on any atom is -0.0678 e. The van der Waals surface area contributed by atoms with Crippen molar-refractivity contribution >= 4 is 8.07 Å². The molecule has 0 aliphatic carbocycles. The van der Waals surface area contributed by atoms with Crippen LogP contribution in [0.2, 0.25) is 18.1 Å². The number of hydrogen-bond acceptors (Lipinski definition) is 0. The maximum absolute atomic E-state index is 2.79. The molecule has 0 atom stereocenters. The predicted octanol–water partition coefficient (Wildman–Crippen LogP) is 11.1. The fourth-order valence-corrected chi connectivity index (χ4v) is 8.00. The lowest BCUT2D eigenvalue weighted by Gasteiger charge is -2.27. The summed E-state index contributed by atoms with van der Waals surface area (Å²) in [4.78, 5) is 0. The molecule has 0 N–H and O–H groups in total. The van der Waals surface area contributed by atoms with Crippen LogP contribution in [0.1, 0.15) is 156 Å². The van der Waals surface area contributed by atoms with Gasteiger partial charge in [0.2, 0.25) is 0 Å². The van der Waals surface area contributed by atoms with Crippen LogP contribution in [0.25, 0.3) is 0 Å². The van der Waals surface area contributed by atoms with Crippen molar-refractivity contribution in [1.82, 2.24) is 0 Å². The molecule has 0 aromatic carbocycles. The molecule has 175 valence electrons. The summed E-state index contributed by atoms with van der Waals surface area (Å²) in [5.74, 6) is 0. The lowest BCUT2D eigenvalue weighted by atomic mass is 10.0. The molecular formula is C28H59Si. The molecule has 0 aliphatic heterocycles. The van der Waals surface area contributed by atoms with Gasteiger partial charge in [0.15, 0.2) is 0 Å². The van der Waals surface area contributed by atoms with Crippen LogP contribution in [0.5, 0.6) is 0 Å². The molecule has 29 heavy (non-hydrogen) atoms. The van der Waals surface area contributed by atoms with E-state index < -0.39 is 8.07 Å². The molecule has 0 bridgehead atoms.